The zero-order valence-corrected chi connectivity index (χ0v) is 20.2. The van der Waals surface area contributed by atoms with Crippen molar-refractivity contribution >= 4 is 77.1 Å². The number of halogens is 10. The molecule has 0 bridgehead atoms. The van der Waals surface area contributed by atoms with Crippen molar-refractivity contribution in [2.45, 2.75) is 17.6 Å². The predicted octanol–water partition coefficient (Wildman–Crippen LogP) is 6.17. The molecule has 178 valence electrons. The lowest BCUT2D eigenvalue weighted by molar-refractivity contribution is -0.143. The molecule has 1 amide bonds. The summed E-state index contributed by atoms with van der Waals surface area (Å²) in [4.78, 5) is 12.7. The molecular weight excluding hydrogens is 641 g/mol. The highest BCUT2D eigenvalue weighted by molar-refractivity contribution is 14.2. The summed E-state index contributed by atoms with van der Waals surface area (Å²) < 4.78 is 113. The van der Waals surface area contributed by atoms with Crippen LogP contribution in [0.2, 0.25) is 5.02 Å². The molecule has 17 heteroatoms. The van der Waals surface area contributed by atoms with Crippen LogP contribution in [0.5, 0.6) is 5.75 Å². The van der Waals surface area contributed by atoms with Crippen LogP contribution in [0.25, 0.3) is 0 Å². The van der Waals surface area contributed by atoms with Gasteiger partial charge in [0.05, 0.1) is 40.4 Å². The molecule has 35 heavy (non-hydrogen) atoms. The average Bonchev–Trinajstić information content (AvgIpc) is 2.70. The second-order valence-electron chi connectivity index (χ2n) is 6.49. The highest BCUT2D eigenvalue weighted by Crippen LogP contribution is 2.43. The van der Waals surface area contributed by atoms with Crippen molar-refractivity contribution < 1.29 is 44.7 Å². The van der Waals surface area contributed by atoms with E-state index in [0.717, 1.165) is 0 Å². The molecule has 2 aromatic rings. The lowest BCUT2D eigenvalue weighted by Crippen LogP contribution is -2.55. The molecule has 6 radical (unpaired) electrons. The summed E-state index contributed by atoms with van der Waals surface area (Å²) in [7, 11) is 17.0. The molecule has 0 aliphatic heterocycles. The fourth-order valence-corrected chi connectivity index (χ4v) is 3.21. The lowest BCUT2D eigenvalue weighted by atomic mass is 9.48. The van der Waals surface area contributed by atoms with Crippen molar-refractivity contribution in [3.8, 4) is 16.9 Å². The minimum Gasteiger partial charge on any atom is -0.408 e. The van der Waals surface area contributed by atoms with Crippen LogP contribution >= 0.6 is 41.7 Å². The fraction of sp³-hybridized carbons (Fsp3) is 0.167. The summed E-state index contributed by atoms with van der Waals surface area (Å²) in [6.45, 7) is 0. The summed E-state index contributed by atoms with van der Waals surface area (Å²) in [5.74, 6) is -2.39. The van der Waals surface area contributed by atoms with Gasteiger partial charge in [-0.2, -0.15) is 26.3 Å². The zero-order chi connectivity index (χ0) is 26.9. The van der Waals surface area contributed by atoms with Gasteiger partial charge in [-0.3, -0.25) is 4.90 Å². The number of hydrogen-bond donors (Lipinski definition) is 0. The van der Waals surface area contributed by atoms with E-state index in [-0.39, 0.29) is 17.0 Å². The van der Waals surface area contributed by atoms with E-state index in [9.17, 15) is 39.9 Å². The van der Waals surface area contributed by atoms with Crippen LogP contribution in [0, 0.1) is 22.8 Å². The normalized spacial score (nSPS) is 12.1. The minimum atomic E-state index is -5.48. The van der Waals surface area contributed by atoms with Crippen LogP contribution in [-0.2, 0) is 12.4 Å². The van der Waals surface area contributed by atoms with Gasteiger partial charge in [0.1, 0.15) is 16.4 Å². The Kier molecular flexibility index (Phi) is 9.03. The molecule has 0 N–H and O–H groups in total. The highest BCUT2D eigenvalue weighted by Gasteiger charge is 2.42. The van der Waals surface area contributed by atoms with Crippen molar-refractivity contribution in [1.82, 2.24) is 0 Å². The number of carbonyl (C=O) groups is 1. The molecule has 0 saturated heterocycles. The van der Waals surface area contributed by atoms with E-state index >= 15 is 0 Å². The van der Waals surface area contributed by atoms with E-state index in [4.69, 9.17) is 35.1 Å². The molecule has 0 atom stereocenters. The van der Waals surface area contributed by atoms with E-state index in [2.05, 4.69) is 9.99 Å². The molecule has 2 rings (SSSR count). The van der Waals surface area contributed by atoms with Crippen molar-refractivity contribution in [3.63, 3.8) is 0 Å². The third kappa shape index (κ3) is 6.94. The third-order valence-corrected chi connectivity index (χ3v) is 5.15. The van der Waals surface area contributed by atoms with Crippen molar-refractivity contribution in [2.24, 2.45) is 0 Å². The Morgan fingerprint density at radius 3 is 2.14 bits per heavy atom. The lowest BCUT2D eigenvalue weighted by Gasteiger charge is -2.36. The second kappa shape index (κ2) is 10.7. The maximum Gasteiger partial charge on any atom is 0.420 e. The van der Waals surface area contributed by atoms with Crippen molar-refractivity contribution in [3.05, 3.63) is 57.6 Å². The Morgan fingerprint density at radius 1 is 1.06 bits per heavy atom. The summed E-state index contributed by atoms with van der Waals surface area (Å²) in [6, 6.07) is 1.02. The van der Waals surface area contributed by atoms with E-state index < -0.39 is 68.5 Å². The molecule has 2 aromatic carbocycles. The molecule has 0 heterocycles. The van der Waals surface area contributed by atoms with Gasteiger partial charge in [0, 0.05) is 21.2 Å². The van der Waals surface area contributed by atoms with Crippen LogP contribution < -0.4 is 9.64 Å². The first-order valence-electron chi connectivity index (χ1n) is 8.52. The maximum atomic E-state index is 14.5. The average molecular weight is 645 g/mol. The number of carbonyl (C=O) groups excluding carboxylic acids is 1. The highest BCUT2D eigenvalue weighted by atomic mass is 127. The van der Waals surface area contributed by atoms with Crippen molar-refractivity contribution in [1.29, 1.82) is 0 Å². The number of anilines is 1. The smallest absolute Gasteiger partial charge is 0.408 e. The molecular formula is C18H4B3ClF8INO2S. The van der Waals surface area contributed by atoms with Crippen LogP contribution in [0.3, 0.4) is 0 Å². The zero-order valence-electron chi connectivity index (χ0n) is 16.5. The Bertz CT molecular complexity index is 1210. The first-order chi connectivity index (χ1) is 15.9. The molecule has 3 nitrogen and oxygen atoms in total. The van der Waals surface area contributed by atoms with E-state index in [1.165, 1.54) is 0 Å². The first kappa shape index (κ1) is 29.5. The first-order valence-corrected chi connectivity index (χ1v) is 12.3. The fourth-order valence-electron chi connectivity index (χ4n) is 2.57. The molecule has 0 unspecified atom stereocenters. The van der Waals surface area contributed by atoms with Gasteiger partial charge >= 0.3 is 18.4 Å². The topological polar surface area (TPSA) is 29.5 Å². The summed E-state index contributed by atoms with van der Waals surface area (Å²) in [5.41, 5.74) is -5.80. The van der Waals surface area contributed by atoms with Gasteiger partial charge in [-0.25, -0.2) is 13.6 Å². The number of rotatable bonds is 3. The Labute approximate surface area is 218 Å². The number of benzene rings is 2. The van der Waals surface area contributed by atoms with Crippen LogP contribution in [0.15, 0.2) is 24.3 Å². The van der Waals surface area contributed by atoms with Gasteiger partial charge in [-0.1, -0.05) is 22.8 Å². The molecule has 0 aromatic heterocycles. The molecule has 0 aliphatic carbocycles. The molecule has 0 saturated carbocycles. The number of hydrogen-bond acceptors (Lipinski definition) is 3. The largest absolute Gasteiger partial charge is 0.420 e. The van der Waals surface area contributed by atoms with Gasteiger partial charge in [0.25, 0.3) is 0 Å². The standard InChI is InChI=1S/C18H4B3ClF8INO2S/c19-18(20,21)32(11-2-1-10(23)12(22)13(11)24)15(33)34-14-7(3-4-35-31)5-8(16(25,26)27)6-9(14)17(28,29)30/h1-2,5-6H. The van der Waals surface area contributed by atoms with Gasteiger partial charge in [-0.05, 0) is 38.5 Å². The predicted molar refractivity (Wildman–Crippen MR) is 125 cm³/mol. The van der Waals surface area contributed by atoms with Gasteiger partial charge in [0.2, 0.25) is 0 Å². The number of nitrogens with zero attached hydrogens (tertiary/aromatic N) is 1. The summed E-state index contributed by atoms with van der Waals surface area (Å²) in [6.07, 6.45) is -12.7. The van der Waals surface area contributed by atoms with Crippen LogP contribution in [0.4, 0.5) is 45.6 Å². The van der Waals surface area contributed by atoms with E-state index in [1.54, 1.807) is 21.2 Å². The summed E-state index contributed by atoms with van der Waals surface area (Å²) in [5, 5.41) is -1.85. The molecule has 0 spiro atoms. The van der Waals surface area contributed by atoms with Crippen LogP contribution in [0.1, 0.15) is 16.7 Å². The quantitative estimate of drug-likeness (QED) is 0.132. The second-order valence-corrected chi connectivity index (χ2v) is 8.54. The Morgan fingerprint density at radius 2 is 1.66 bits per heavy atom. The number of ether oxygens (including phenoxy) is 1. The maximum absolute atomic E-state index is 14.5. The number of amides is 1. The Balaban J connectivity index is 2.77. The minimum absolute atomic E-state index is 0.115. The SMILES string of the molecule is [B]C([B])([B])N(C(=O)Oc1c(C#CSI)cc(C(F)(F)F)cc1C(F)(F)F)c1ccc(F)c(Cl)c1F. The van der Waals surface area contributed by atoms with Gasteiger partial charge < -0.3 is 4.74 Å². The molecule has 0 fully saturated rings. The van der Waals surface area contributed by atoms with E-state index in [0.29, 0.717) is 21.1 Å². The third-order valence-electron chi connectivity index (χ3n) is 3.96. The number of alkyl halides is 6. The van der Waals surface area contributed by atoms with Gasteiger partial charge in [-0.15, -0.1) is 0 Å². The summed E-state index contributed by atoms with van der Waals surface area (Å²) >= 11 is 7.03. The van der Waals surface area contributed by atoms with Crippen LogP contribution in [-0.4, -0.2) is 34.9 Å². The molecule has 0 aliphatic rings. The van der Waals surface area contributed by atoms with Gasteiger partial charge in [0.15, 0.2) is 11.6 Å². The van der Waals surface area contributed by atoms with E-state index in [1.807, 2.05) is 5.92 Å². The Hall–Kier alpha value is -1.73. The monoisotopic (exact) mass is 645 g/mol. The van der Waals surface area contributed by atoms with Crippen molar-refractivity contribution in [2.75, 3.05) is 4.90 Å².